The maximum Gasteiger partial charge on any atom is 0.224 e. The van der Waals surface area contributed by atoms with Gasteiger partial charge in [-0.2, -0.15) is 4.98 Å². The maximum absolute atomic E-state index is 13.6. The van der Waals surface area contributed by atoms with E-state index >= 15 is 0 Å². The summed E-state index contributed by atoms with van der Waals surface area (Å²) in [4.78, 5) is 8.58. The maximum atomic E-state index is 13.6. The zero-order valence-electron chi connectivity index (χ0n) is 15.7. The van der Waals surface area contributed by atoms with E-state index in [2.05, 4.69) is 20.6 Å². The predicted octanol–water partition coefficient (Wildman–Crippen LogP) is 3.77. The minimum Gasteiger partial charge on any atom is -0.497 e. The minimum absolute atomic E-state index is 0.197. The van der Waals surface area contributed by atoms with Gasteiger partial charge in [-0.1, -0.05) is 18.2 Å². The van der Waals surface area contributed by atoms with Crippen molar-refractivity contribution < 1.29 is 13.9 Å². The molecule has 0 amide bonds. The van der Waals surface area contributed by atoms with E-state index in [0.29, 0.717) is 43.4 Å². The molecule has 6 nitrogen and oxygen atoms in total. The topological polar surface area (TPSA) is 68.3 Å². The van der Waals surface area contributed by atoms with Crippen LogP contribution in [0.4, 0.5) is 16.2 Å². The summed E-state index contributed by atoms with van der Waals surface area (Å²) in [6.45, 7) is 1.63. The van der Waals surface area contributed by atoms with Gasteiger partial charge in [0.2, 0.25) is 5.95 Å². The van der Waals surface area contributed by atoms with Crippen LogP contribution in [0, 0.1) is 5.82 Å². The van der Waals surface area contributed by atoms with Gasteiger partial charge in [-0.25, -0.2) is 9.37 Å². The summed E-state index contributed by atoms with van der Waals surface area (Å²) in [6.07, 6.45) is 2.23. The number of aromatic nitrogens is 2. The van der Waals surface area contributed by atoms with Gasteiger partial charge in [0.15, 0.2) is 0 Å². The van der Waals surface area contributed by atoms with E-state index in [1.807, 2.05) is 30.3 Å². The van der Waals surface area contributed by atoms with E-state index in [0.717, 1.165) is 11.5 Å². The number of hydrogen-bond donors (Lipinski definition) is 2. The highest BCUT2D eigenvalue weighted by molar-refractivity contribution is 5.39. The quantitative estimate of drug-likeness (QED) is 0.520. The molecule has 0 radical (unpaired) electrons. The summed E-state index contributed by atoms with van der Waals surface area (Å²) in [6, 6.07) is 16.0. The van der Waals surface area contributed by atoms with Crippen LogP contribution in [-0.2, 0) is 6.42 Å². The average Bonchev–Trinajstić information content (AvgIpc) is 2.73. The van der Waals surface area contributed by atoms with Crippen molar-refractivity contribution in [3.8, 4) is 11.5 Å². The molecule has 0 saturated carbocycles. The van der Waals surface area contributed by atoms with Crippen LogP contribution in [0.15, 0.2) is 60.8 Å². The van der Waals surface area contributed by atoms with Crippen LogP contribution in [0.3, 0.4) is 0 Å². The molecule has 0 aliphatic rings. The highest BCUT2D eigenvalue weighted by Crippen LogP contribution is 2.16. The number of rotatable bonds is 10. The van der Waals surface area contributed by atoms with Gasteiger partial charge in [0.25, 0.3) is 0 Å². The Kier molecular flexibility index (Phi) is 7.01. The first-order chi connectivity index (χ1) is 13.7. The molecule has 0 saturated heterocycles. The van der Waals surface area contributed by atoms with Crippen LogP contribution < -0.4 is 20.1 Å². The molecule has 3 aromatic rings. The second-order valence-electron chi connectivity index (χ2n) is 5.98. The molecule has 146 valence electrons. The van der Waals surface area contributed by atoms with Gasteiger partial charge >= 0.3 is 0 Å². The number of hydrogen-bond acceptors (Lipinski definition) is 6. The summed E-state index contributed by atoms with van der Waals surface area (Å²) in [7, 11) is 1.63. The fourth-order valence-corrected chi connectivity index (χ4v) is 2.57. The Morgan fingerprint density at radius 2 is 1.71 bits per heavy atom. The highest BCUT2D eigenvalue weighted by atomic mass is 19.1. The van der Waals surface area contributed by atoms with Gasteiger partial charge in [0.1, 0.15) is 29.7 Å². The van der Waals surface area contributed by atoms with Crippen molar-refractivity contribution in [1.82, 2.24) is 9.97 Å². The summed E-state index contributed by atoms with van der Waals surface area (Å²) in [5.41, 5.74) is 0.667. The number of anilines is 2. The van der Waals surface area contributed by atoms with Crippen molar-refractivity contribution >= 4 is 11.8 Å². The lowest BCUT2D eigenvalue weighted by Crippen LogP contribution is -2.14. The lowest BCUT2D eigenvalue weighted by Gasteiger charge is -2.10. The van der Waals surface area contributed by atoms with Gasteiger partial charge in [0.05, 0.1) is 13.7 Å². The van der Waals surface area contributed by atoms with Gasteiger partial charge in [0, 0.05) is 12.7 Å². The Labute approximate surface area is 163 Å². The van der Waals surface area contributed by atoms with E-state index < -0.39 is 0 Å². The lowest BCUT2D eigenvalue weighted by atomic mass is 10.1. The van der Waals surface area contributed by atoms with Crippen molar-refractivity contribution in [3.63, 3.8) is 0 Å². The molecule has 0 aliphatic carbocycles. The van der Waals surface area contributed by atoms with Gasteiger partial charge in [-0.3, -0.25) is 0 Å². The Morgan fingerprint density at radius 1 is 0.929 bits per heavy atom. The van der Waals surface area contributed by atoms with Crippen LogP contribution in [-0.4, -0.2) is 36.8 Å². The third kappa shape index (κ3) is 5.84. The zero-order chi connectivity index (χ0) is 19.6. The van der Waals surface area contributed by atoms with Crippen molar-refractivity contribution in [2.75, 3.05) is 37.4 Å². The van der Waals surface area contributed by atoms with Crippen LogP contribution in [0.2, 0.25) is 0 Å². The molecule has 28 heavy (non-hydrogen) atoms. The first-order valence-electron chi connectivity index (χ1n) is 9.05. The molecule has 2 N–H and O–H groups in total. The van der Waals surface area contributed by atoms with Crippen LogP contribution >= 0.6 is 0 Å². The first-order valence-corrected chi connectivity index (χ1v) is 9.05. The highest BCUT2D eigenvalue weighted by Gasteiger charge is 2.02. The Hall–Kier alpha value is -3.35. The normalized spacial score (nSPS) is 10.4. The molecular formula is C21H23FN4O2. The molecule has 0 atom stereocenters. The molecule has 1 heterocycles. The van der Waals surface area contributed by atoms with E-state index in [1.54, 1.807) is 31.5 Å². The Balaban J connectivity index is 1.41. The van der Waals surface area contributed by atoms with Crippen LogP contribution in [0.1, 0.15) is 5.56 Å². The third-order valence-electron chi connectivity index (χ3n) is 4.03. The van der Waals surface area contributed by atoms with Crippen LogP contribution in [0.25, 0.3) is 0 Å². The zero-order valence-corrected chi connectivity index (χ0v) is 15.7. The second-order valence-corrected chi connectivity index (χ2v) is 5.98. The third-order valence-corrected chi connectivity index (χ3v) is 4.03. The summed E-state index contributed by atoms with van der Waals surface area (Å²) in [5.74, 6) is 2.57. The molecule has 0 aliphatic heterocycles. The van der Waals surface area contributed by atoms with E-state index in [4.69, 9.17) is 9.47 Å². The van der Waals surface area contributed by atoms with Gasteiger partial charge in [-0.15, -0.1) is 0 Å². The van der Waals surface area contributed by atoms with Gasteiger partial charge < -0.3 is 20.1 Å². The number of nitrogens with zero attached hydrogens (tertiary/aromatic N) is 2. The molecular weight excluding hydrogens is 359 g/mol. The van der Waals surface area contributed by atoms with E-state index in [-0.39, 0.29) is 5.82 Å². The lowest BCUT2D eigenvalue weighted by molar-refractivity contribution is 0.331. The smallest absolute Gasteiger partial charge is 0.224 e. The van der Waals surface area contributed by atoms with Crippen molar-refractivity contribution in [3.05, 3.63) is 72.2 Å². The van der Waals surface area contributed by atoms with E-state index in [9.17, 15) is 4.39 Å². The molecule has 3 rings (SSSR count). The number of methoxy groups -OCH3 is 1. The molecule has 0 unspecified atom stereocenters. The molecule has 0 spiro atoms. The average molecular weight is 382 g/mol. The number of nitrogens with one attached hydrogen (secondary N) is 2. The summed E-state index contributed by atoms with van der Waals surface area (Å²) < 4.78 is 24.4. The molecule has 0 bridgehead atoms. The molecule has 2 aromatic carbocycles. The van der Waals surface area contributed by atoms with Crippen molar-refractivity contribution in [1.29, 1.82) is 0 Å². The molecule has 1 aromatic heterocycles. The van der Waals surface area contributed by atoms with Crippen molar-refractivity contribution in [2.24, 2.45) is 0 Å². The minimum atomic E-state index is -0.197. The fraction of sp³-hybridized carbons (Fsp3) is 0.238. The van der Waals surface area contributed by atoms with Crippen LogP contribution in [0.5, 0.6) is 11.5 Å². The molecule has 0 fully saturated rings. The largest absolute Gasteiger partial charge is 0.497 e. The number of benzene rings is 2. The summed E-state index contributed by atoms with van der Waals surface area (Å²) >= 11 is 0. The standard InChI is InChI=1S/C21H23FN4O2/c1-27-17-6-8-18(9-7-17)28-15-14-23-20-11-13-25-21(26-20)24-12-10-16-4-2-3-5-19(16)22/h2-9,11,13H,10,12,14-15H2,1H3,(H2,23,24,25,26). The second kappa shape index (κ2) is 10.1. The SMILES string of the molecule is COc1ccc(OCCNc2ccnc(NCCc3ccccc3F)n2)cc1. The predicted molar refractivity (Wildman–Crippen MR) is 108 cm³/mol. The summed E-state index contributed by atoms with van der Waals surface area (Å²) in [5, 5.41) is 6.31. The fourth-order valence-electron chi connectivity index (χ4n) is 2.57. The van der Waals surface area contributed by atoms with Crippen molar-refractivity contribution in [2.45, 2.75) is 6.42 Å². The Bertz CT molecular complexity index is 874. The number of halogens is 1. The van der Waals surface area contributed by atoms with Gasteiger partial charge in [-0.05, 0) is 48.4 Å². The monoisotopic (exact) mass is 382 g/mol. The van der Waals surface area contributed by atoms with E-state index in [1.165, 1.54) is 6.07 Å². The number of ether oxygens (including phenoxy) is 2. The first kappa shape index (κ1) is 19.4. The Morgan fingerprint density at radius 3 is 2.50 bits per heavy atom. The molecule has 7 heteroatoms.